The summed E-state index contributed by atoms with van der Waals surface area (Å²) in [4.78, 5) is 12.3. The number of non-ortho nitro benzene ring substituents is 1. The van der Waals surface area contributed by atoms with Gasteiger partial charge in [0.2, 0.25) is 0 Å². The van der Waals surface area contributed by atoms with Crippen LogP contribution in [-0.2, 0) is 0 Å². The Bertz CT molecular complexity index is 1230. The minimum atomic E-state index is -0.433. The van der Waals surface area contributed by atoms with Crippen LogP contribution in [0.1, 0.15) is 22.3 Å². The number of benzene rings is 3. The zero-order valence-corrected chi connectivity index (χ0v) is 18.6. The van der Waals surface area contributed by atoms with Gasteiger partial charge in [0, 0.05) is 58.6 Å². The van der Waals surface area contributed by atoms with Crippen molar-refractivity contribution in [2.24, 2.45) is 0 Å². The van der Waals surface area contributed by atoms with E-state index in [0.717, 1.165) is 26.9 Å². The van der Waals surface area contributed by atoms with Gasteiger partial charge in [0.05, 0.1) is 9.95 Å². The molecule has 0 bridgehead atoms. The number of nitrogens with zero attached hydrogens (tertiary/aromatic N) is 2. The molecule has 30 heavy (non-hydrogen) atoms. The van der Waals surface area contributed by atoms with Crippen LogP contribution in [0.3, 0.4) is 0 Å². The number of nitro groups is 1. The van der Waals surface area contributed by atoms with Crippen LogP contribution in [-0.4, -0.2) is 19.0 Å². The minimum Gasteiger partial charge on any atom is -0.378 e. The van der Waals surface area contributed by atoms with E-state index in [1.165, 1.54) is 12.1 Å². The second-order valence-electron chi connectivity index (χ2n) is 6.56. The molecule has 0 radical (unpaired) electrons. The summed E-state index contributed by atoms with van der Waals surface area (Å²) in [6, 6.07) is 17.6. The lowest BCUT2D eigenvalue weighted by molar-refractivity contribution is -0.384. The first kappa shape index (κ1) is 21.5. The molecular formula is C24H16BrClN2O2. The Morgan fingerprint density at radius 1 is 0.867 bits per heavy atom. The van der Waals surface area contributed by atoms with Crippen molar-refractivity contribution in [3.63, 3.8) is 0 Å². The molecule has 0 spiro atoms. The maximum absolute atomic E-state index is 10.7. The third-order valence-electron chi connectivity index (χ3n) is 4.20. The van der Waals surface area contributed by atoms with Gasteiger partial charge in [0.15, 0.2) is 0 Å². The fraction of sp³-hybridized carbons (Fsp3) is 0.0833. The van der Waals surface area contributed by atoms with E-state index < -0.39 is 4.92 Å². The fourth-order valence-electron chi connectivity index (χ4n) is 2.52. The number of hydrogen-bond acceptors (Lipinski definition) is 3. The lowest BCUT2D eigenvalue weighted by Crippen LogP contribution is -2.08. The Morgan fingerprint density at radius 2 is 1.47 bits per heavy atom. The van der Waals surface area contributed by atoms with Crippen LogP contribution in [0.5, 0.6) is 0 Å². The van der Waals surface area contributed by atoms with Gasteiger partial charge < -0.3 is 4.90 Å². The predicted octanol–water partition coefficient (Wildman–Crippen LogP) is 5.88. The largest absolute Gasteiger partial charge is 0.378 e. The second-order valence-corrected chi connectivity index (χ2v) is 7.82. The van der Waals surface area contributed by atoms with Gasteiger partial charge in [-0.1, -0.05) is 35.3 Å². The molecule has 0 aliphatic carbocycles. The third-order valence-corrected chi connectivity index (χ3v) is 5.17. The summed E-state index contributed by atoms with van der Waals surface area (Å²) >= 11 is 9.87. The first-order valence-electron chi connectivity index (χ1n) is 8.88. The van der Waals surface area contributed by atoms with Gasteiger partial charge in [-0.2, -0.15) is 0 Å². The maximum atomic E-state index is 10.7. The SMILES string of the molecule is CN(C)c1ccc(C#Cc2ccc(C#Cc3ccc([N+](=O)[O-])cc3)cc2Br)c(Cl)c1. The molecule has 3 aromatic rings. The molecule has 0 aromatic heterocycles. The average molecular weight is 480 g/mol. The Balaban J connectivity index is 1.79. The zero-order chi connectivity index (χ0) is 21.7. The molecule has 0 N–H and O–H groups in total. The number of halogens is 2. The summed E-state index contributed by atoms with van der Waals surface area (Å²) in [6.45, 7) is 0. The van der Waals surface area contributed by atoms with Crippen molar-refractivity contribution in [2.75, 3.05) is 19.0 Å². The molecule has 148 valence electrons. The molecule has 3 rings (SSSR count). The molecule has 0 atom stereocenters. The highest BCUT2D eigenvalue weighted by Crippen LogP contribution is 2.23. The lowest BCUT2D eigenvalue weighted by atomic mass is 10.1. The lowest BCUT2D eigenvalue weighted by Gasteiger charge is -2.12. The normalized spacial score (nSPS) is 9.73. The Hall–Kier alpha value is -3.25. The highest BCUT2D eigenvalue weighted by atomic mass is 79.9. The Labute approximate surface area is 188 Å². The van der Waals surface area contributed by atoms with Crippen molar-refractivity contribution < 1.29 is 4.92 Å². The minimum absolute atomic E-state index is 0.0441. The van der Waals surface area contributed by atoms with Crippen molar-refractivity contribution in [1.29, 1.82) is 0 Å². The molecule has 0 unspecified atom stereocenters. The quantitative estimate of drug-likeness (QED) is 0.262. The summed E-state index contributed by atoms with van der Waals surface area (Å²) < 4.78 is 0.825. The monoisotopic (exact) mass is 478 g/mol. The Morgan fingerprint density at radius 3 is 2.07 bits per heavy atom. The van der Waals surface area contributed by atoms with Crippen molar-refractivity contribution in [1.82, 2.24) is 0 Å². The molecule has 0 amide bonds. The van der Waals surface area contributed by atoms with Gasteiger partial charge in [-0.25, -0.2) is 0 Å². The third kappa shape index (κ3) is 5.42. The average Bonchev–Trinajstić information content (AvgIpc) is 2.72. The first-order valence-corrected chi connectivity index (χ1v) is 10.1. The molecule has 0 saturated carbocycles. The zero-order valence-electron chi connectivity index (χ0n) is 16.2. The van der Waals surface area contributed by atoms with E-state index in [-0.39, 0.29) is 5.69 Å². The van der Waals surface area contributed by atoms with E-state index in [4.69, 9.17) is 11.6 Å². The van der Waals surface area contributed by atoms with Crippen molar-refractivity contribution in [2.45, 2.75) is 0 Å². The molecule has 3 aromatic carbocycles. The molecule has 0 aliphatic heterocycles. The van der Waals surface area contributed by atoms with Crippen molar-refractivity contribution in [3.05, 3.63) is 103 Å². The number of anilines is 1. The highest BCUT2D eigenvalue weighted by Gasteiger charge is 2.03. The fourth-order valence-corrected chi connectivity index (χ4v) is 3.22. The van der Waals surface area contributed by atoms with Crippen LogP contribution < -0.4 is 4.90 Å². The topological polar surface area (TPSA) is 46.4 Å². The Kier molecular flexibility index (Phi) is 6.79. The predicted molar refractivity (Wildman–Crippen MR) is 125 cm³/mol. The highest BCUT2D eigenvalue weighted by molar-refractivity contribution is 9.10. The first-order chi connectivity index (χ1) is 14.3. The second kappa shape index (κ2) is 9.50. The van der Waals surface area contributed by atoms with Crippen LogP contribution in [0.15, 0.2) is 65.1 Å². The molecule has 6 heteroatoms. The molecule has 4 nitrogen and oxygen atoms in total. The van der Waals surface area contributed by atoms with Crippen molar-refractivity contribution in [3.8, 4) is 23.7 Å². The van der Waals surface area contributed by atoms with Crippen LogP contribution in [0, 0.1) is 33.8 Å². The van der Waals surface area contributed by atoms with Gasteiger partial charge in [-0.05, 0) is 64.5 Å². The number of nitro benzene ring substituents is 1. The molecule has 0 fully saturated rings. The standard InChI is InChI=1S/C24H16BrClN2O2/c1-27(2)22-14-11-20(24(26)16-22)10-9-19-8-5-18(15-23(19)25)4-3-17-6-12-21(13-7-17)28(29)30/h5-8,11-16H,1-2H3. The summed E-state index contributed by atoms with van der Waals surface area (Å²) in [7, 11) is 3.92. The molecular weight excluding hydrogens is 464 g/mol. The van der Waals surface area contributed by atoms with Crippen molar-refractivity contribution >= 4 is 38.9 Å². The summed E-state index contributed by atoms with van der Waals surface area (Å²) in [6.07, 6.45) is 0. The molecule has 0 heterocycles. The van der Waals surface area contributed by atoms with Crippen LogP contribution in [0.2, 0.25) is 5.02 Å². The molecule has 0 saturated heterocycles. The van der Waals surface area contributed by atoms with E-state index in [1.807, 2.05) is 55.4 Å². The van der Waals surface area contributed by atoms with Crippen LogP contribution in [0.25, 0.3) is 0 Å². The van der Waals surface area contributed by atoms with Crippen LogP contribution in [0.4, 0.5) is 11.4 Å². The summed E-state index contributed by atoms with van der Waals surface area (Å²) in [5.41, 5.74) is 4.15. The maximum Gasteiger partial charge on any atom is 0.269 e. The van der Waals surface area contributed by atoms with Gasteiger partial charge in [0.25, 0.3) is 5.69 Å². The summed E-state index contributed by atoms with van der Waals surface area (Å²) in [5, 5.41) is 11.3. The van der Waals surface area contributed by atoms with E-state index in [9.17, 15) is 10.1 Å². The van der Waals surface area contributed by atoms with Gasteiger partial charge >= 0.3 is 0 Å². The smallest absolute Gasteiger partial charge is 0.269 e. The van der Waals surface area contributed by atoms with E-state index >= 15 is 0 Å². The number of rotatable bonds is 2. The number of hydrogen-bond donors (Lipinski definition) is 0. The molecule has 0 aliphatic rings. The van der Waals surface area contributed by atoms with E-state index in [0.29, 0.717) is 10.6 Å². The van der Waals surface area contributed by atoms with Gasteiger partial charge in [-0.3, -0.25) is 10.1 Å². The van der Waals surface area contributed by atoms with Gasteiger partial charge in [-0.15, -0.1) is 0 Å². The van der Waals surface area contributed by atoms with E-state index in [1.54, 1.807) is 12.1 Å². The van der Waals surface area contributed by atoms with Crippen LogP contribution >= 0.6 is 27.5 Å². The van der Waals surface area contributed by atoms with E-state index in [2.05, 4.69) is 39.6 Å². The van der Waals surface area contributed by atoms with Gasteiger partial charge in [0.1, 0.15) is 0 Å². The summed E-state index contributed by atoms with van der Waals surface area (Å²) in [5.74, 6) is 12.3.